The Morgan fingerprint density at radius 1 is 1.40 bits per heavy atom. The molecule has 0 aromatic heterocycles. The summed E-state index contributed by atoms with van der Waals surface area (Å²) >= 11 is 0. The third kappa shape index (κ3) is 2.04. The van der Waals surface area contributed by atoms with E-state index in [1.54, 1.807) is 6.92 Å². The van der Waals surface area contributed by atoms with Gasteiger partial charge in [0.25, 0.3) is 0 Å². The Bertz CT molecular complexity index is 258. The number of hydrogen-bond acceptors (Lipinski definition) is 4. The first kappa shape index (κ1) is 10.6. The van der Waals surface area contributed by atoms with Crippen molar-refractivity contribution in [3.8, 4) is 0 Å². The number of ether oxygens (including phenoxy) is 2. The predicted molar refractivity (Wildman–Crippen MR) is 52.2 cm³/mol. The summed E-state index contributed by atoms with van der Waals surface area (Å²) < 4.78 is 10.3. The van der Waals surface area contributed by atoms with E-state index < -0.39 is 0 Å². The second kappa shape index (κ2) is 4.31. The summed E-state index contributed by atoms with van der Waals surface area (Å²) in [6.45, 7) is 3.17. The molecule has 0 amide bonds. The highest BCUT2D eigenvalue weighted by Gasteiger charge is 2.42. The smallest absolute Gasteiger partial charge is 0.308 e. The van der Waals surface area contributed by atoms with E-state index in [0.29, 0.717) is 32.7 Å². The molecule has 1 saturated carbocycles. The van der Waals surface area contributed by atoms with Gasteiger partial charge in [0.2, 0.25) is 0 Å². The lowest BCUT2D eigenvalue weighted by Crippen LogP contribution is -2.44. The molecule has 84 valence electrons. The van der Waals surface area contributed by atoms with Crippen molar-refractivity contribution in [2.45, 2.75) is 19.8 Å². The molecule has 0 aromatic rings. The third-order valence-electron chi connectivity index (χ3n) is 3.20. The van der Waals surface area contributed by atoms with E-state index in [2.05, 4.69) is 0 Å². The van der Waals surface area contributed by atoms with Gasteiger partial charge in [-0.25, -0.2) is 0 Å². The van der Waals surface area contributed by atoms with E-state index in [0.717, 1.165) is 0 Å². The van der Waals surface area contributed by atoms with Crippen LogP contribution in [0.2, 0.25) is 0 Å². The van der Waals surface area contributed by atoms with Crippen LogP contribution >= 0.6 is 0 Å². The van der Waals surface area contributed by atoms with Crippen LogP contribution in [0.4, 0.5) is 0 Å². The Morgan fingerprint density at radius 2 is 2.00 bits per heavy atom. The van der Waals surface area contributed by atoms with Gasteiger partial charge in [0.1, 0.15) is 5.78 Å². The van der Waals surface area contributed by atoms with Crippen LogP contribution in [0.15, 0.2) is 0 Å². The topological polar surface area (TPSA) is 52.6 Å². The van der Waals surface area contributed by atoms with Gasteiger partial charge in [-0.15, -0.1) is 0 Å². The lowest BCUT2D eigenvalue weighted by Gasteiger charge is -2.36. The standard InChI is InChI=1S/C11H16O4/c1-2-15-11(13)7-3-8-5-14-6-9(4-7)10(8)12/h7-9H,2-6H2,1H3/t7?,8-,9+. The maximum absolute atomic E-state index is 11.7. The van der Waals surface area contributed by atoms with Crippen LogP contribution in [-0.2, 0) is 19.1 Å². The predicted octanol–water partition coefficient (Wildman–Crippen LogP) is 0.791. The van der Waals surface area contributed by atoms with Crippen molar-refractivity contribution in [1.82, 2.24) is 0 Å². The SMILES string of the molecule is CCOC(=O)C1C[C@H]2COC[C@@H](C1)C2=O. The highest BCUT2D eigenvalue weighted by molar-refractivity contribution is 5.87. The molecule has 2 fully saturated rings. The molecule has 2 rings (SSSR count). The Hall–Kier alpha value is -0.900. The number of fused-ring (bicyclic) bond motifs is 2. The van der Waals surface area contributed by atoms with Gasteiger partial charge in [-0.2, -0.15) is 0 Å². The fraction of sp³-hybridized carbons (Fsp3) is 0.818. The molecular formula is C11H16O4. The zero-order valence-electron chi connectivity index (χ0n) is 8.90. The quantitative estimate of drug-likeness (QED) is 0.635. The Morgan fingerprint density at radius 3 is 2.53 bits per heavy atom. The lowest BCUT2D eigenvalue weighted by molar-refractivity contribution is -0.157. The maximum Gasteiger partial charge on any atom is 0.308 e. The van der Waals surface area contributed by atoms with E-state index in [9.17, 15) is 9.59 Å². The fourth-order valence-electron chi connectivity index (χ4n) is 2.45. The van der Waals surface area contributed by atoms with Gasteiger partial charge in [-0.05, 0) is 19.8 Å². The summed E-state index contributed by atoms with van der Waals surface area (Å²) in [6, 6.07) is 0. The highest BCUT2D eigenvalue weighted by Crippen LogP contribution is 2.34. The molecule has 3 atom stereocenters. The summed E-state index contributed by atoms with van der Waals surface area (Å²) in [4.78, 5) is 23.3. The molecule has 0 N–H and O–H groups in total. The maximum atomic E-state index is 11.7. The van der Waals surface area contributed by atoms with Gasteiger partial charge in [0.15, 0.2) is 0 Å². The largest absolute Gasteiger partial charge is 0.466 e. The number of hydrogen-bond donors (Lipinski definition) is 0. The molecule has 1 aliphatic carbocycles. The fourth-order valence-corrected chi connectivity index (χ4v) is 2.45. The Kier molecular flexibility index (Phi) is 3.05. The normalized spacial score (nSPS) is 35.0. The molecule has 1 heterocycles. The molecule has 2 bridgehead atoms. The summed E-state index contributed by atoms with van der Waals surface area (Å²) in [6.07, 6.45) is 1.21. The van der Waals surface area contributed by atoms with Crippen LogP contribution in [0.25, 0.3) is 0 Å². The number of carbonyl (C=O) groups is 2. The number of rotatable bonds is 2. The molecule has 0 spiro atoms. The monoisotopic (exact) mass is 212 g/mol. The molecule has 0 aromatic carbocycles. The first-order valence-corrected chi connectivity index (χ1v) is 5.50. The van der Waals surface area contributed by atoms with Crippen molar-refractivity contribution in [3.63, 3.8) is 0 Å². The molecule has 1 aliphatic heterocycles. The summed E-state index contributed by atoms with van der Waals surface area (Å²) in [5, 5.41) is 0. The molecule has 15 heavy (non-hydrogen) atoms. The van der Waals surface area contributed by atoms with E-state index in [4.69, 9.17) is 9.47 Å². The van der Waals surface area contributed by atoms with Crippen LogP contribution in [0.5, 0.6) is 0 Å². The van der Waals surface area contributed by atoms with E-state index in [1.165, 1.54) is 0 Å². The molecule has 1 saturated heterocycles. The molecular weight excluding hydrogens is 196 g/mol. The number of carbonyl (C=O) groups excluding carboxylic acids is 2. The second-order valence-electron chi connectivity index (χ2n) is 4.25. The molecule has 4 heteroatoms. The lowest BCUT2D eigenvalue weighted by atomic mass is 9.73. The number of esters is 1. The number of ketones is 1. The van der Waals surface area contributed by atoms with Crippen LogP contribution in [0, 0.1) is 17.8 Å². The first-order chi connectivity index (χ1) is 7.22. The van der Waals surface area contributed by atoms with E-state index in [-0.39, 0.29) is 29.5 Å². The van der Waals surface area contributed by atoms with Gasteiger partial charge >= 0.3 is 5.97 Å². The van der Waals surface area contributed by atoms with E-state index in [1.807, 2.05) is 0 Å². The van der Waals surface area contributed by atoms with Crippen molar-refractivity contribution in [2.75, 3.05) is 19.8 Å². The third-order valence-corrected chi connectivity index (χ3v) is 3.20. The van der Waals surface area contributed by atoms with Crippen molar-refractivity contribution in [2.24, 2.45) is 17.8 Å². The minimum Gasteiger partial charge on any atom is -0.466 e. The van der Waals surface area contributed by atoms with Crippen molar-refractivity contribution < 1.29 is 19.1 Å². The van der Waals surface area contributed by atoms with Gasteiger partial charge in [-0.3, -0.25) is 9.59 Å². The molecule has 4 nitrogen and oxygen atoms in total. The van der Waals surface area contributed by atoms with Crippen LogP contribution < -0.4 is 0 Å². The minimum atomic E-state index is -0.151. The van der Waals surface area contributed by atoms with Crippen LogP contribution in [-0.4, -0.2) is 31.6 Å². The van der Waals surface area contributed by atoms with E-state index >= 15 is 0 Å². The zero-order chi connectivity index (χ0) is 10.8. The second-order valence-corrected chi connectivity index (χ2v) is 4.25. The van der Waals surface area contributed by atoms with Gasteiger partial charge in [0, 0.05) is 11.8 Å². The first-order valence-electron chi connectivity index (χ1n) is 5.50. The van der Waals surface area contributed by atoms with Gasteiger partial charge in [-0.1, -0.05) is 0 Å². The van der Waals surface area contributed by atoms with Crippen molar-refractivity contribution in [1.29, 1.82) is 0 Å². The summed E-state index contributed by atoms with van der Waals surface area (Å²) in [5.74, 6) is -0.121. The van der Waals surface area contributed by atoms with Crippen LogP contribution in [0.1, 0.15) is 19.8 Å². The number of Topliss-reactive ketones (excluding diaryl/α,β-unsaturated/α-hetero) is 1. The minimum absolute atomic E-state index is 0.0769. The molecule has 2 aliphatic rings. The average molecular weight is 212 g/mol. The summed E-state index contributed by atoms with van der Waals surface area (Å²) in [7, 11) is 0. The average Bonchev–Trinajstić information content (AvgIpc) is 2.17. The highest BCUT2D eigenvalue weighted by atomic mass is 16.5. The van der Waals surface area contributed by atoms with Crippen LogP contribution in [0.3, 0.4) is 0 Å². The van der Waals surface area contributed by atoms with Gasteiger partial charge < -0.3 is 9.47 Å². The van der Waals surface area contributed by atoms with Crippen molar-refractivity contribution in [3.05, 3.63) is 0 Å². The van der Waals surface area contributed by atoms with Crippen molar-refractivity contribution >= 4 is 11.8 Å². The molecule has 1 unspecified atom stereocenters. The summed E-state index contributed by atoms with van der Waals surface area (Å²) in [5.41, 5.74) is 0. The molecule has 0 radical (unpaired) electrons. The van der Waals surface area contributed by atoms with Gasteiger partial charge in [0.05, 0.1) is 25.7 Å². The Labute approximate surface area is 88.9 Å². The Balaban J connectivity index is 2.01. The zero-order valence-corrected chi connectivity index (χ0v) is 8.90.